The van der Waals surface area contributed by atoms with Gasteiger partial charge in [-0.15, -0.1) is 0 Å². The first-order valence-corrected chi connectivity index (χ1v) is 19.1. The van der Waals surface area contributed by atoms with Crippen LogP contribution in [0.15, 0.2) is 0 Å². The molecule has 31 heteroatoms. The molecule has 308 valence electrons. The van der Waals surface area contributed by atoms with Crippen molar-refractivity contribution < 1.29 is 119 Å². The van der Waals surface area contributed by atoms with E-state index in [0.29, 0.717) is 54.5 Å². The summed E-state index contributed by atoms with van der Waals surface area (Å²) in [4.78, 5) is 34.2. The van der Waals surface area contributed by atoms with E-state index < -0.39 is 66.8 Å². The predicted molar refractivity (Wildman–Crippen MR) is 139 cm³/mol. The highest BCUT2D eigenvalue weighted by Gasteiger charge is 2.85. The summed E-state index contributed by atoms with van der Waals surface area (Å²) in [7, 11) is -14.5. The summed E-state index contributed by atoms with van der Waals surface area (Å²) < 4.78 is 271. The van der Waals surface area contributed by atoms with Crippen molar-refractivity contribution >= 4 is 59.4 Å². The third kappa shape index (κ3) is 11.2. The monoisotopic (exact) mass is 886 g/mol. The van der Waals surface area contributed by atoms with Crippen molar-refractivity contribution in [1.29, 1.82) is 0 Å². The third-order valence-corrected chi connectivity index (χ3v) is 12.6. The van der Waals surface area contributed by atoms with E-state index in [1.54, 1.807) is 0 Å². The summed E-state index contributed by atoms with van der Waals surface area (Å²) in [6.07, 6.45) is -11.6. The molecule has 0 N–H and O–H groups in total. The van der Waals surface area contributed by atoms with Crippen LogP contribution >= 0.6 is 0 Å². The molecule has 0 aliphatic carbocycles. The minimum Gasteiger partial charge on any atom is -0.743 e. The van der Waals surface area contributed by atoms with Gasteiger partial charge in [-0.05, 0) is 21.8 Å². The molecule has 2 rings (SSSR count). The number of alkyl halides is 18. The predicted octanol–water partition coefficient (Wildman–Crippen LogP) is 4.43. The highest BCUT2D eigenvalue weighted by Crippen LogP contribution is 2.55. The fourth-order valence-corrected chi connectivity index (χ4v) is 8.49. The van der Waals surface area contributed by atoms with Crippen molar-refractivity contribution in [1.82, 2.24) is 0 Å². The number of carbonyl (C=O) groups excluding carboxylic acids is 3. The maximum absolute atomic E-state index is 12.2. The molecule has 9 nitrogen and oxygen atoms in total. The topological polar surface area (TPSA) is 166 Å². The first-order chi connectivity index (χ1) is 22.6. The van der Waals surface area contributed by atoms with Crippen LogP contribution in [0.3, 0.4) is 0 Å². The van der Waals surface area contributed by atoms with Gasteiger partial charge in [0.25, 0.3) is 0 Å². The Hall–Kier alpha value is -1.73. The van der Waals surface area contributed by atoms with Gasteiger partial charge in [-0.25, -0.2) is 16.8 Å². The van der Waals surface area contributed by atoms with E-state index in [-0.39, 0.29) is 21.8 Å². The molecule has 0 radical (unpaired) electrons. The summed E-state index contributed by atoms with van der Waals surface area (Å²) in [5.74, 6) is -23.5. The average molecular weight is 887 g/mol. The van der Waals surface area contributed by atoms with Crippen LogP contribution < -0.4 is 0 Å². The quantitative estimate of drug-likeness (QED) is 0.175. The standard InChI is InChI=1S/C13H20O3S2.2C4HF9O3S/c14-11-1-5-17(6-2-11)9-13(16)10-18-7-3-12(15)4-8-18;2*5-1(6,3(9,10)11)2(7,8)4(12,13)17(14,15)16/h1-10H2;2*(H,14,15,16)/q+2;;/p-2. The third-order valence-electron chi connectivity index (χ3n) is 6.27. The summed E-state index contributed by atoms with van der Waals surface area (Å²) in [6, 6.07) is 0. The minimum absolute atomic E-state index is 0.160. The van der Waals surface area contributed by atoms with Crippen LogP contribution in [0, 0.1) is 0 Å². The van der Waals surface area contributed by atoms with Crippen LogP contribution in [-0.2, 0) is 56.4 Å². The zero-order valence-corrected chi connectivity index (χ0v) is 27.9. The van der Waals surface area contributed by atoms with Crippen molar-refractivity contribution in [3.63, 3.8) is 0 Å². The number of hydrogen-bond acceptors (Lipinski definition) is 9. The normalized spacial score (nSPS) is 18.6. The lowest BCUT2D eigenvalue weighted by molar-refractivity contribution is -0.382. The molecule has 0 aromatic heterocycles. The molecule has 2 aliphatic heterocycles. The number of halogens is 18. The van der Waals surface area contributed by atoms with Gasteiger partial charge in [0.15, 0.2) is 31.7 Å². The van der Waals surface area contributed by atoms with E-state index in [4.69, 9.17) is 0 Å². The summed E-state index contributed by atoms with van der Waals surface area (Å²) >= 11 is 0. The number of carbonyl (C=O) groups is 3. The van der Waals surface area contributed by atoms with E-state index >= 15 is 0 Å². The maximum atomic E-state index is 12.2. The largest absolute Gasteiger partial charge is 0.743 e. The van der Waals surface area contributed by atoms with Crippen LogP contribution in [-0.4, -0.2) is 124 Å². The second kappa shape index (κ2) is 16.6. The second-order valence-electron chi connectivity index (χ2n) is 10.2. The Morgan fingerprint density at radius 1 is 0.481 bits per heavy atom. The van der Waals surface area contributed by atoms with Crippen molar-refractivity contribution in [2.75, 3.05) is 34.5 Å². The molecule has 0 amide bonds. The number of rotatable bonds is 10. The van der Waals surface area contributed by atoms with E-state index in [0.717, 1.165) is 23.0 Å². The molecule has 0 saturated carbocycles. The van der Waals surface area contributed by atoms with Crippen LogP contribution in [0.2, 0.25) is 0 Å². The molecule has 0 bridgehead atoms. The van der Waals surface area contributed by atoms with E-state index in [1.807, 2.05) is 0 Å². The molecular formula is C21H20F18O9S4. The van der Waals surface area contributed by atoms with Gasteiger partial charge in [0.2, 0.25) is 5.78 Å². The molecular weight excluding hydrogens is 866 g/mol. The fraction of sp³-hybridized carbons (Fsp3) is 0.857. The van der Waals surface area contributed by atoms with Gasteiger partial charge < -0.3 is 9.11 Å². The summed E-state index contributed by atoms with van der Waals surface area (Å²) in [6.45, 7) is 0. The Labute approximate surface area is 285 Å². The van der Waals surface area contributed by atoms with Crippen LogP contribution in [0.25, 0.3) is 0 Å². The Balaban J connectivity index is 0.000000751. The van der Waals surface area contributed by atoms with Gasteiger partial charge in [-0.2, -0.15) is 79.0 Å². The van der Waals surface area contributed by atoms with E-state index in [2.05, 4.69) is 0 Å². The van der Waals surface area contributed by atoms with Crippen molar-refractivity contribution in [2.24, 2.45) is 0 Å². The summed E-state index contributed by atoms with van der Waals surface area (Å²) in [5, 5.41) is -14.2. The molecule has 2 fully saturated rings. The Morgan fingerprint density at radius 2 is 0.692 bits per heavy atom. The highest BCUT2D eigenvalue weighted by atomic mass is 32.2. The smallest absolute Gasteiger partial charge is 0.460 e. The minimum atomic E-state index is -7.43. The summed E-state index contributed by atoms with van der Waals surface area (Å²) in [5.41, 5.74) is 0. The zero-order chi connectivity index (χ0) is 42.0. The zero-order valence-electron chi connectivity index (χ0n) is 24.7. The molecule has 0 spiro atoms. The first kappa shape index (κ1) is 50.3. The lowest BCUT2D eigenvalue weighted by Crippen LogP contribution is -2.63. The lowest BCUT2D eigenvalue weighted by atomic mass is 10.1. The van der Waals surface area contributed by atoms with Gasteiger partial charge in [-0.1, -0.05) is 0 Å². The Morgan fingerprint density at radius 3 is 0.865 bits per heavy atom. The second-order valence-corrected chi connectivity index (χ2v) is 17.7. The highest BCUT2D eigenvalue weighted by molar-refractivity contribution is 7.99. The van der Waals surface area contributed by atoms with Crippen molar-refractivity contribution in [2.45, 2.75) is 72.2 Å². The van der Waals surface area contributed by atoms with Gasteiger partial charge >= 0.3 is 46.6 Å². The molecule has 0 atom stereocenters. The molecule has 2 saturated heterocycles. The van der Waals surface area contributed by atoms with Crippen molar-refractivity contribution in [3.05, 3.63) is 0 Å². The average Bonchev–Trinajstić information content (AvgIpc) is 2.93. The van der Waals surface area contributed by atoms with Crippen LogP contribution in [0.5, 0.6) is 0 Å². The number of Topliss-reactive ketones (excluding diaryl/α,β-unsaturated/α-hetero) is 3. The number of ketones is 3. The number of hydrogen-bond donors (Lipinski definition) is 0. The lowest BCUT2D eigenvalue weighted by Gasteiger charge is -2.34. The maximum Gasteiger partial charge on any atom is 0.460 e. The van der Waals surface area contributed by atoms with E-state index in [1.165, 1.54) is 0 Å². The SMILES string of the molecule is O=C1CC[S+](CC(=O)C[S+]2CCC(=O)CC2)CC1.O=S(=O)([O-])C(F)(F)C(F)(F)C(F)(F)C(F)(F)F.O=S(=O)([O-])C(F)(F)C(F)(F)C(F)(F)C(F)(F)F. The molecule has 52 heavy (non-hydrogen) atoms. The Bertz CT molecular complexity index is 1380. The van der Waals surface area contributed by atoms with Gasteiger partial charge in [-0.3, -0.25) is 14.4 Å². The first-order valence-electron chi connectivity index (χ1n) is 12.8. The van der Waals surface area contributed by atoms with Crippen LogP contribution in [0.4, 0.5) is 79.0 Å². The van der Waals surface area contributed by atoms with Gasteiger partial charge in [0, 0.05) is 0 Å². The molecule has 2 aliphatic rings. The van der Waals surface area contributed by atoms with Gasteiger partial charge in [0.1, 0.15) is 34.6 Å². The van der Waals surface area contributed by atoms with E-state index in [9.17, 15) is 119 Å². The van der Waals surface area contributed by atoms with Crippen molar-refractivity contribution in [3.8, 4) is 0 Å². The van der Waals surface area contributed by atoms with Gasteiger partial charge in [0.05, 0.1) is 25.7 Å². The molecule has 0 aromatic carbocycles. The molecule has 0 unspecified atom stereocenters. The Kier molecular flexibility index (Phi) is 16.0. The molecule has 2 heterocycles. The fourth-order valence-electron chi connectivity index (χ4n) is 3.31. The van der Waals surface area contributed by atoms with Crippen LogP contribution in [0.1, 0.15) is 25.7 Å². The molecule has 0 aromatic rings.